The van der Waals surface area contributed by atoms with Crippen LogP contribution in [0.4, 0.5) is 0 Å². The maximum Gasteiger partial charge on any atom is 0.187 e. The van der Waals surface area contributed by atoms with Gasteiger partial charge in [0.15, 0.2) is 5.78 Å². The number of aliphatic hydroxyl groups is 1. The molecule has 0 bridgehead atoms. The minimum absolute atomic E-state index is 0.0972. The minimum Gasteiger partial charge on any atom is -0.381 e. The standard InChI is InChI=1S/C16H28O2/c1-12(14(2,3)4)10-9-11-13(17)16(8,18)15(5,6)7/h9-11,18H,1-8H3/b11-9-,12-10+. The lowest BCUT2D eigenvalue weighted by atomic mass is 9.75. The zero-order chi connectivity index (χ0) is 14.8. The third kappa shape index (κ3) is 4.41. The molecule has 0 aromatic rings. The second-order valence-corrected chi connectivity index (χ2v) is 7.15. The largest absolute Gasteiger partial charge is 0.381 e. The number of allylic oxidation sites excluding steroid dienone is 3. The fraction of sp³-hybridized carbons (Fsp3) is 0.688. The van der Waals surface area contributed by atoms with Gasteiger partial charge in [0.1, 0.15) is 5.60 Å². The van der Waals surface area contributed by atoms with E-state index in [0.717, 1.165) is 0 Å². The summed E-state index contributed by atoms with van der Waals surface area (Å²) >= 11 is 0. The Hall–Kier alpha value is -0.890. The van der Waals surface area contributed by atoms with Gasteiger partial charge in [0.25, 0.3) is 0 Å². The molecule has 1 N–H and O–H groups in total. The summed E-state index contributed by atoms with van der Waals surface area (Å²) in [5.74, 6) is -0.257. The quantitative estimate of drug-likeness (QED) is 0.611. The Labute approximate surface area is 112 Å². The van der Waals surface area contributed by atoms with Crippen molar-refractivity contribution in [2.45, 2.75) is 61.0 Å². The predicted molar refractivity (Wildman–Crippen MR) is 77.4 cm³/mol. The van der Waals surface area contributed by atoms with Gasteiger partial charge >= 0.3 is 0 Å². The van der Waals surface area contributed by atoms with Crippen LogP contribution in [0.15, 0.2) is 23.8 Å². The SMILES string of the molecule is C/C(=C\C=C/C(=O)C(C)(O)C(C)(C)C)C(C)(C)C. The first-order valence-electron chi connectivity index (χ1n) is 6.42. The van der Waals surface area contributed by atoms with Crippen molar-refractivity contribution in [3.8, 4) is 0 Å². The highest BCUT2D eigenvalue weighted by Gasteiger charge is 2.40. The summed E-state index contributed by atoms with van der Waals surface area (Å²) in [5.41, 5.74) is -0.522. The highest BCUT2D eigenvalue weighted by Crippen LogP contribution is 2.31. The van der Waals surface area contributed by atoms with Crippen molar-refractivity contribution in [1.29, 1.82) is 0 Å². The Balaban J connectivity index is 4.91. The zero-order valence-electron chi connectivity index (χ0n) is 13.1. The molecule has 0 aromatic carbocycles. The summed E-state index contributed by atoms with van der Waals surface area (Å²) in [6.07, 6.45) is 5.11. The average Bonchev–Trinajstić information content (AvgIpc) is 2.13. The van der Waals surface area contributed by atoms with Crippen LogP contribution in [0.25, 0.3) is 0 Å². The van der Waals surface area contributed by atoms with Crippen LogP contribution in [0.3, 0.4) is 0 Å². The molecular weight excluding hydrogens is 224 g/mol. The molecule has 0 aliphatic carbocycles. The fourth-order valence-corrected chi connectivity index (χ4v) is 1.06. The highest BCUT2D eigenvalue weighted by atomic mass is 16.3. The number of hydrogen-bond donors (Lipinski definition) is 1. The van der Waals surface area contributed by atoms with E-state index in [-0.39, 0.29) is 11.2 Å². The molecule has 1 atom stereocenters. The van der Waals surface area contributed by atoms with Crippen LogP contribution >= 0.6 is 0 Å². The monoisotopic (exact) mass is 252 g/mol. The van der Waals surface area contributed by atoms with Crippen LogP contribution in [-0.4, -0.2) is 16.5 Å². The van der Waals surface area contributed by atoms with Crippen molar-refractivity contribution in [2.24, 2.45) is 10.8 Å². The van der Waals surface area contributed by atoms with E-state index in [1.807, 2.05) is 33.8 Å². The third-order valence-corrected chi connectivity index (χ3v) is 3.72. The number of carbonyl (C=O) groups excluding carboxylic acids is 1. The molecule has 0 aliphatic heterocycles. The highest BCUT2D eigenvalue weighted by molar-refractivity contribution is 5.97. The van der Waals surface area contributed by atoms with Gasteiger partial charge in [-0.3, -0.25) is 4.79 Å². The molecule has 0 radical (unpaired) electrons. The second-order valence-electron chi connectivity index (χ2n) is 7.15. The lowest BCUT2D eigenvalue weighted by Gasteiger charge is -2.34. The summed E-state index contributed by atoms with van der Waals surface area (Å²) in [6, 6.07) is 0. The molecule has 104 valence electrons. The van der Waals surface area contributed by atoms with E-state index in [2.05, 4.69) is 20.8 Å². The molecule has 2 heteroatoms. The first-order chi connectivity index (χ1) is 7.80. The first kappa shape index (κ1) is 17.1. The van der Waals surface area contributed by atoms with Crippen LogP contribution in [0.5, 0.6) is 0 Å². The van der Waals surface area contributed by atoms with Crippen LogP contribution < -0.4 is 0 Å². The van der Waals surface area contributed by atoms with Crippen molar-refractivity contribution in [3.05, 3.63) is 23.8 Å². The molecule has 2 nitrogen and oxygen atoms in total. The van der Waals surface area contributed by atoms with Crippen LogP contribution in [-0.2, 0) is 4.79 Å². The summed E-state index contributed by atoms with van der Waals surface area (Å²) in [7, 11) is 0. The topological polar surface area (TPSA) is 37.3 Å². The maximum absolute atomic E-state index is 12.0. The van der Waals surface area contributed by atoms with Crippen LogP contribution in [0.1, 0.15) is 55.4 Å². The molecule has 0 saturated heterocycles. The molecular formula is C16H28O2. The van der Waals surface area contributed by atoms with Crippen molar-refractivity contribution < 1.29 is 9.90 Å². The second kappa shape index (κ2) is 5.40. The molecule has 1 unspecified atom stereocenters. The maximum atomic E-state index is 12.0. The molecule has 0 heterocycles. The molecule has 0 fully saturated rings. The summed E-state index contributed by atoms with van der Waals surface area (Å²) < 4.78 is 0. The summed E-state index contributed by atoms with van der Waals surface area (Å²) in [6.45, 7) is 15.6. The number of ketones is 1. The minimum atomic E-state index is -1.34. The Kier molecular flexibility index (Phi) is 5.13. The van der Waals surface area contributed by atoms with Gasteiger partial charge in [0.2, 0.25) is 0 Å². The molecule has 0 rings (SSSR count). The van der Waals surface area contributed by atoms with Gasteiger partial charge in [0.05, 0.1) is 0 Å². The molecule has 0 aromatic heterocycles. The van der Waals surface area contributed by atoms with E-state index in [1.165, 1.54) is 11.6 Å². The van der Waals surface area contributed by atoms with Gasteiger partial charge in [0, 0.05) is 0 Å². The molecule has 0 spiro atoms. The summed E-state index contributed by atoms with van der Waals surface area (Å²) in [4.78, 5) is 12.0. The smallest absolute Gasteiger partial charge is 0.187 e. The van der Waals surface area contributed by atoms with E-state index >= 15 is 0 Å². The van der Waals surface area contributed by atoms with E-state index < -0.39 is 11.0 Å². The van der Waals surface area contributed by atoms with Gasteiger partial charge in [-0.1, -0.05) is 59.3 Å². The van der Waals surface area contributed by atoms with Gasteiger partial charge in [-0.05, 0) is 30.8 Å². The Morgan fingerprint density at radius 3 is 1.78 bits per heavy atom. The van der Waals surface area contributed by atoms with Crippen molar-refractivity contribution in [1.82, 2.24) is 0 Å². The van der Waals surface area contributed by atoms with Gasteiger partial charge in [-0.2, -0.15) is 0 Å². The average molecular weight is 252 g/mol. The normalized spacial score (nSPS) is 17.9. The van der Waals surface area contributed by atoms with Gasteiger partial charge < -0.3 is 5.11 Å². The fourth-order valence-electron chi connectivity index (χ4n) is 1.06. The third-order valence-electron chi connectivity index (χ3n) is 3.72. The molecule has 0 amide bonds. The zero-order valence-corrected chi connectivity index (χ0v) is 13.1. The Bertz CT molecular complexity index is 358. The Morgan fingerprint density at radius 1 is 1.00 bits per heavy atom. The first-order valence-corrected chi connectivity index (χ1v) is 6.42. The van der Waals surface area contributed by atoms with Gasteiger partial charge in [-0.15, -0.1) is 0 Å². The Morgan fingerprint density at radius 2 is 1.44 bits per heavy atom. The predicted octanol–water partition coefficient (Wildman–Crippen LogP) is 3.90. The molecule has 0 aliphatic rings. The lowest BCUT2D eigenvalue weighted by molar-refractivity contribution is -0.141. The van der Waals surface area contributed by atoms with Crippen LogP contribution in [0.2, 0.25) is 0 Å². The van der Waals surface area contributed by atoms with Crippen molar-refractivity contribution >= 4 is 5.78 Å². The number of rotatable bonds is 3. The summed E-state index contributed by atoms with van der Waals surface area (Å²) in [5, 5.41) is 10.2. The van der Waals surface area contributed by atoms with Crippen molar-refractivity contribution in [2.75, 3.05) is 0 Å². The van der Waals surface area contributed by atoms with Crippen molar-refractivity contribution in [3.63, 3.8) is 0 Å². The van der Waals surface area contributed by atoms with Gasteiger partial charge in [-0.25, -0.2) is 0 Å². The van der Waals surface area contributed by atoms with Crippen LogP contribution in [0, 0.1) is 10.8 Å². The molecule has 0 saturated carbocycles. The van der Waals surface area contributed by atoms with E-state index in [1.54, 1.807) is 13.0 Å². The van der Waals surface area contributed by atoms with E-state index in [9.17, 15) is 9.90 Å². The van der Waals surface area contributed by atoms with E-state index in [4.69, 9.17) is 0 Å². The molecule has 18 heavy (non-hydrogen) atoms. The lowest BCUT2D eigenvalue weighted by Crippen LogP contribution is -2.46. The van der Waals surface area contributed by atoms with E-state index in [0.29, 0.717) is 0 Å². The number of hydrogen-bond acceptors (Lipinski definition) is 2. The number of carbonyl (C=O) groups is 1.